The highest BCUT2D eigenvalue weighted by Gasteiger charge is 2.21. The Morgan fingerprint density at radius 1 is 1.25 bits per heavy atom. The lowest BCUT2D eigenvalue weighted by molar-refractivity contribution is 0.689. The Hall–Kier alpha value is -1.26. The van der Waals surface area contributed by atoms with Gasteiger partial charge >= 0.3 is 0 Å². The van der Waals surface area contributed by atoms with Crippen molar-refractivity contribution in [2.24, 2.45) is 0 Å². The molecule has 0 aliphatic carbocycles. The molecule has 2 heterocycles. The molecular weight excluding hydrogens is 290 g/mol. The number of nitrogens with zero attached hydrogens (tertiary/aromatic N) is 3. The SMILES string of the molecule is CC1CSCCN1c1cc(Cl)nc(-c2ccccc2)n1. The van der Waals surface area contributed by atoms with Crippen LogP contribution in [-0.2, 0) is 0 Å². The molecular formula is C15H16ClN3S. The minimum absolute atomic E-state index is 0.475. The summed E-state index contributed by atoms with van der Waals surface area (Å²) in [6.07, 6.45) is 0. The first kappa shape index (κ1) is 13.7. The van der Waals surface area contributed by atoms with Gasteiger partial charge in [0.15, 0.2) is 5.82 Å². The van der Waals surface area contributed by atoms with Crippen LogP contribution >= 0.6 is 23.4 Å². The van der Waals surface area contributed by atoms with Gasteiger partial charge in [-0.1, -0.05) is 41.9 Å². The lowest BCUT2D eigenvalue weighted by atomic mass is 10.2. The van der Waals surface area contributed by atoms with Crippen LogP contribution in [0.5, 0.6) is 0 Å². The van der Waals surface area contributed by atoms with Crippen LogP contribution in [0.3, 0.4) is 0 Å². The molecule has 1 unspecified atom stereocenters. The first-order chi connectivity index (χ1) is 9.74. The van der Waals surface area contributed by atoms with Crippen molar-refractivity contribution in [1.82, 2.24) is 9.97 Å². The van der Waals surface area contributed by atoms with Gasteiger partial charge in [-0.3, -0.25) is 0 Å². The van der Waals surface area contributed by atoms with E-state index in [1.54, 1.807) is 0 Å². The predicted molar refractivity (Wildman–Crippen MR) is 86.6 cm³/mol. The highest BCUT2D eigenvalue weighted by Crippen LogP contribution is 2.26. The number of benzene rings is 1. The summed E-state index contributed by atoms with van der Waals surface area (Å²) in [5.41, 5.74) is 0.996. The lowest BCUT2D eigenvalue weighted by Crippen LogP contribution is -2.41. The summed E-state index contributed by atoms with van der Waals surface area (Å²) in [4.78, 5) is 11.4. The van der Waals surface area contributed by atoms with Gasteiger partial charge in [0.25, 0.3) is 0 Å². The molecule has 1 aromatic heterocycles. The van der Waals surface area contributed by atoms with Crippen LogP contribution in [0.1, 0.15) is 6.92 Å². The second-order valence-electron chi connectivity index (χ2n) is 4.86. The van der Waals surface area contributed by atoms with Crippen molar-refractivity contribution in [2.75, 3.05) is 23.0 Å². The molecule has 5 heteroatoms. The maximum atomic E-state index is 6.18. The zero-order chi connectivity index (χ0) is 13.9. The Kier molecular flexibility index (Phi) is 4.13. The van der Waals surface area contributed by atoms with Crippen molar-refractivity contribution < 1.29 is 0 Å². The van der Waals surface area contributed by atoms with E-state index in [1.807, 2.05) is 48.2 Å². The highest BCUT2D eigenvalue weighted by molar-refractivity contribution is 7.99. The Bertz CT molecular complexity index is 591. The average molecular weight is 306 g/mol. The van der Waals surface area contributed by atoms with Crippen molar-refractivity contribution in [3.8, 4) is 11.4 Å². The molecule has 1 fully saturated rings. The maximum Gasteiger partial charge on any atom is 0.163 e. The molecule has 3 nitrogen and oxygen atoms in total. The van der Waals surface area contributed by atoms with E-state index in [0.29, 0.717) is 17.0 Å². The largest absolute Gasteiger partial charge is 0.352 e. The summed E-state index contributed by atoms with van der Waals surface area (Å²) >= 11 is 8.17. The second kappa shape index (κ2) is 6.02. The molecule has 1 atom stereocenters. The Labute approximate surface area is 128 Å². The highest BCUT2D eigenvalue weighted by atomic mass is 35.5. The van der Waals surface area contributed by atoms with Crippen LogP contribution in [0.15, 0.2) is 36.4 Å². The summed E-state index contributed by atoms with van der Waals surface area (Å²) < 4.78 is 0. The molecule has 1 aliphatic rings. The van der Waals surface area contributed by atoms with Crippen molar-refractivity contribution in [2.45, 2.75) is 13.0 Å². The molecule has 0 saturated carbocycles. The van der Waals surface area contributed by atoms with Crippen LogP contribution in [0.25, 0.3) is 11.4 Å². The fraction of sp³-hybridized carbons (Fsp3) is 0.333. The second-order valence-corrected chi connectivity index (χ2v) is 6.39. The third-order valence-corrected chi connectivity index (χ3v) is 4.76. The number of hydrogen-bond donors (Lipinski definition) is 0. The number of hydrogen-bond acceptors (Lipinski definition) is 4. The molecule has 0 amide bonds. The Balaban J connectivity index is 1.98. The van der Waals surface area contributed by atoms with Crippen LogP contribution < -0.4 is 4.90 Å². The van der Waals surface area contributed by atoms with E-state index in [2.05, 4.69) is 16.8 Å². The average Bonchev–Trinajstić information content (AvgIpc) is 2.48. The number of aromatic nitrogens is 2. The molecule has 2 aromatic rings. The maximum absolute atomic E-state index is 6.18. The normalized spacial score (nSPS) is 19.1. The van der Waals surface area contributed by atoms with Gasteiger partial charge in [-0.05, 0) is 6.92 Å². The molecule has 1 saturated heterocycles. The molecule has 1 aliphatic heterocycles. The number of halogens is 1. The molecule has 20 heavy (non-hydrogen) atoms. The number of thioether (sulfide) groups is 1. The van der Waals surface area contributed by atoms with Crippen LogP contribution in [-0.4, -0.2) is 34.1 Å². The van der Waals surface area contributed by atoms with E-state index in [0.717, 1.165) is 29.4 Å². The number of rotatable bonds is 2. The fourth-order valence-corrected chi connectivity index (χ4v) is 3.53. The van der Waals surface area contributed by atoms with Crippen molar-refractivity contribution in [3.63, 3.8) is 0 Å². The molecule has 0 N–H and O–H groups in total. The van der Waals surface area contributed by atoms with Gasteiger partial charge in [0, 0.05) is 35.7 Å². The monoisotopic (exact) mass is 305 g/mol. The zero-order valence-electron chi connectivity index (χ0n) is 11.3. The Morgan fingerprint density at radius 2 is 2.05 bits per heavy atom. The van der Waals surface area contributed by atoms with Crippen LogP contribution in [0.4, 0.5) is 5.82 Å². The fourth-order valence-electron chi connectivity index (χ4n) is 2.34. The van der Waals surface area contributed by atoms with Crippen molar-refractivity contribution >= 4 is 29.2 Å². The van der Waals surface area contributed by atoms with Crippen molar-refractivity contribution in [1.29, 1.82) is 0 Å². The zero-order valence-corrected chi connectivity index (χ0v) is 12.9. The first-order valence-electron chi connectivity index (χ1n) is 6.68. The summed E-state index contributed by atoms with van der Waals surface area (Å²) in [6, 6.07) is 12.3. The van der Waals surface area contributed by atoms with Gasteiger partial charge < -0.3 is 4.90 Å². The topological polar surface area (TPSA) is 29.0 Å². The Morgan fingerprint density at radius 3 is 2.80 bits per heavy atom. The van der Waals surface area contributed by atoms with Crippen LogP contribution in [0, 0.1) is 0 Å². The minimum Gasteiger partial charge on any atom is -0.352 e. The summed E-state index contributed by atoms with van der Waals surface area (Å²) in [7, 11) is 0. The van der Waals surface area contributed by atoms with E-state index >= 15 is 0 Å². The van der Waals surface area contributed by atoms with E-state index in [-0.39, 0.29) is 0 Å². The third-order valence-electron chi connectivity index (χ3n) is 3.38. The van der Waals surface area contributed by atoms with Crippen molar-refractivity contribution in [3.05, 3.63) is 41.6 Å². The van der Waals surface area contributed by atoms with Gasteiger partial charge in [-0.25, -0.2) is 9.97 Å². The quantitative estimate of drug-likeness (QED) is 0.790. The smallest absolute Gasteiger partial charge is 0.163 e. The van der Waals surface area contributed by atoms with Gasteiger partial charge in [-0.15, -0.1) is 0 Å². The molecule has 3 rings (SSSR count). The molecule has 1 aromatic carbocycles. The van der Waals surface area contributed by atoms with E-state index in [9.17, 15) is 0 Å². The summed E-state index contributed by atoms with van der Waals surface area (Å²) in [5.74, 6) is 3.88. The predicted octanol–water partition coefficient (Wildman–Crippen LogP) is 3.74. The van der Waals surface area contributed by atoms with E-state index < -0.39 is 0 Å². The summed E-state index contributed by atoms with van der Waals surface area (Å²) in [6.45, 7) is 3.23. The third kappa shape index (κ3) is 2.91. The first-order valence-corrected chi connectivity index (χ1v) is 8.22. The molecule has 104 valence electrons. The lowest BCUT2D eigenvalue weighted by Gasteiger charge is -2.34. The number of anilines is 1. The van der Waals surface area contributed by atoms with Gasteiger partial charge in [-0.2, -0.15) is 11.8 Å². The van der Waals surface area contributed by atoms with Crippen LogP contribution in [0.2, 0.25) is 5.15 Å². The van der Waals surface area contributed by atoms with E-state index in [4.69, 9.17) is 16.6 Å². The molecule has 0 bridgehead atoms. The van der Waals surface area contributed by atoms with E-state index in [1.165, 1.54) is 0 Å². The minimum atomic E-state index is 0.475. The molecule has 0 radical (unpaired) electrons. The van der Waals surface area contributed by atoms with Gasteiger partial charge in [0.1, 0.15) is 11.0 Å². The van der Waals surface area contributed by atoms with Gasteiger partial charge in [0.05, 0.1) is 0 Å². The standard InChI is InChI=1S/C15H16ClN3S/c1-11-10-20-8-7-19(11)14-9-13(16)17-15(18-14)12-5-3-2-4-6-12/h2-6,9,11H,7-8,10H2,1H3. The molecule has 0 spiro atoms. The van der Waals surface area contributed by atoms with Gasteiger partial charge in [0.2, 0.25) is 0 Å². The summed E-state index contributed by atoms with van der Waals surface area (Å²) in [5, 5.41) is 0.499.